The summed E-state index contributed by atoms with van der Waals surface area (Å²) < 4.78 is 63.6. The molecular formula is C17H15F3N6O3S. The minimum absolute atomic E-state index is 0.0902. The lowest BCUT2D eigenvalue weighted by Crippen LogP contribution is -2.38. The van der Waals surface area contributed by atoms with Gasteiger partial charge in [-0.3, -0.25) is 4.98 Å². The maximum atomic E-state index is 12.7. The van der Waals surface area contributed by atoms with Crippen molar-refractivity contribution in [3.8, 4) is 16.9 Å². The van der Waals surface area contributed by atoms with Crippen molar-refractivity contribution in [2.75, 3.05) is 6.26 Å². The molecule has 0 saturated heterocycles. The summed E-state index contributed by atoms with van der Waals surface area (Å²) in [6, 6.07) is 4.45. The molecule has 0 saturated carbocycles. The van der Waals surface area contributed by atoms with Crippen LogP contribution in [0.1, 0.15) is 11.3 Å². The first-order valence-electron chi connectivity index (χ1n) is 8.31. The number of sulfonamides is 1. The van der Waals surface area contributed by atoms with E-state index >= 15 is 0 Å². The Balaban J connectivity index is 1.92. The van der Waals surface area contributed by atoms with E-state index in [0.717, 1.165) is 18.5 Å². The molecule has 2 N–H and O–H groups in total. The van der Waals surface area contributed by atoms with E-state index in [1.54, 1.807) is 16.9 Å². The lowest BCUT2D eigenvalue weighted by Gasteiger charge is -2.06. The highest BCUT2D eigenvalue weighted by Crippen LogP contribution is 2.28. The highest BCUT2D eigenvalue weighted by atomic mass is 32.2. The van der Waals surface area contributed by atoms with Crippen LogP contribution in [0.5, 0.6) is 0 Å². The number of amides is 2. The van der Waals surface area contributed by atoms with Crippen molar-refractivity contribution < 1.29 is 26.4 Å². The monoisotopic (exact) mass is 440 g/mol. The Labute approximate surface area is 169 Å². The van der Waals surface area contributed by atoms with Gasteiger partial charge in [-0.05, 0) is 24.3 Å². The summed E-state index contributed by atoms with van der Waals surface area (Å²) in [5.74, 6) is 0. The summed E-state index contributed by atoms with van der Waals surface area (Å²) >= 11 is 0. The molecule has 13 heteroatoms. The van der Waals surface area contributed by atoms with E-state index in [9.17, 15) is 26.4 Å². The van der Waals surface area contributed by atoms with Crippen molar-refractivity contribution in [1.82, 2.24) is 29.8 Å². The Morgan fingerprint density at radius 2 is 1.87 bits per heavy atom. The number of aromatic nitrogens is 4. The topological polar surface area (TPSA) is 119 Å². The van der Waals surface area contributed by atoms with Crippen LogP contribution >= 0.6 is 0 Å². The molecule has 3 aromatic rings. The van der Waals surface area contributed by atoms with Gasteiger partial charge in [0, 0.05) is 36.3 Å². The second kappa shape index (κ2) is 8.10. The zero-order valence-corrected chi connectivity index (χ0v) is 16.2. The fourth-order valence-electron chi connectivity index (χ4n) is 2.49. The van der Waals surface area contributed by atoms with Crippen LogP contribution in [0.15, 0.2) is 49.1 Å². The number of hydrogen-bond acceptors (Lipinski definition) is 6. The second-order valence-electron chi connectivity index (χ2n) is 6.14. The Morgan fingerprint density at radius 3 is 2.43 bits per heavy atom. The normalized spacial score (nSPS) is 11.9. The van der Waals surface area contributed by atoms with E-state index in [4.69, 9.17) is 0 Å². The third-order valence-corrected chi connectivity index (χ3v) is 4.32. The van der Waals surface area contributed by atoms with Crippen LogP contribution in [0, 0.1) is 0 Å². The van der Waals surface area contributed by atoms with E-state index in [0.29, 0.717) is 16.8 Å². The van der Waals surface area contributed by atoms with Crippen molar-refractivity contribution in [3.63, 3.8) is 0 Å². The molecule has 30 heavy (non-hydrogen) atoms. The number of halogens is 3. The summed E-state index contributed by atoms with van der Waals surface area (Å²) in [5, 5.41) is 6.77. The molecule has 0 bridgehead atoms. The van der Waals surface area contributed by atoms with E-state index < -0.39 is 27.9 Å². The summed E-state index contributed by atoms with van der Waals surface area (Å²) in [6.45, 7) is -0.0902. The zero-order chi connectivity index (χ0) is 21.9. The van der Waals surface area contributed by atoms with Gasteiger partial charge in [0.05, 0.1) is 23.8 Å². The number of rotatable bonds is 5. The first-order valence-corrected chi connectivity index (χ1v) is 10.2. The SMILES string of the molecule is CS(=O)(=O)NC(=O)NCc1cn(-c2ccc(C(F)(F)F)nc2)nc1-c1ccncc1. The van der Waals surface area contributed by atoms with Crippen molar-refractivity contribution in [2.45, 2.75) is 12.7 Å². The minimum atomic E-state index is -4.56. The van der Waals surface area contributed by atoms with Gasteiger partial charge in [0.2, 0.25) is 10.0 Å². The first-order chi connectivity index (χ1) is 14.0. The Morgan fingerprint density at radius 1 is 1.17 bits per heavy atom. The number of carbonyl (C=O) groups is 1. The van der Waals surface area contributed by atoms with Gasteiger partial charge in [-0.25, -0.2) is 27.6 Å². The standard InChI is InChI=1S/C17H15F3N6O3S/c1-30(28,29)25-16(27)23-8-12-10-26(24-15(12)11-4-6-21-7-5-11)13-2-3-14(22-9-13)17(18,19)20/h2-7,9-10H,8H2,1H3,(H2,23,25,27). The maximum Gasteiger partial charge on any atom is 0.433 e. The predicted octanol–water partition coefficient (Wildman–Crippen LogP) is 2.11. The lowest BCUT2D eigenvalue weighted by atomic mass is 10.1. The highest BCUT2D eigenvalue weighted by molar-refractivity contribution is 7.89. The largest absolute Gasteiger partial charge is 0.433 e. The van der Waals surface area contributed by atoms with Gasteiger partial charge in [0.15, 0.2) is 0 Å². The summed E-state index contributed by atoms with van der Waals surface area (Å²) in [6.07, 6.45) is 1.86. The molecular weight excluding hydrogens is 425 g/mol. The van der Waals surface area contributed by atoms with Crippen LogP contribution in [0.2, 0.25) is 0 Å². The molecule has 0 aromatic carbocycles. The van der Waals surface area contributed by atoms with Crippen LogP contribution < -0.4 is 10.0 Å². The maximum absolute atomic E-state index is 12.7. The lowest BCUT2D eigenvalue weighted by molar-refractivity contribution is -0.141. The third kappa shape index (κ3) is 5.31. The molecule has 0 fully saturated rings. The average Bonchev–Trinajstić information content (AvgIpc) is 3.09. The van der Waals surface area contributed by atoms with Crippen molar-refractivity contribution in [2.24, 2.45) is 0 Å². The Hall–Kier alpha value is -3.48. The van der Waals surface area contributed by atoms with Crippen LogP contribution in [0.4, 0.5) is 18.0 Å². The van der Waals surface area contributed by atoms with Gasteiger partial charge in [0.1, 0.15) is 5.69 Å². The van der Waals surface area contributed by atoms with Gasteiger partial charge in [-0.1, -0.05) is 0 Å². The molecule has 9 nitrogen and oxygen atoms in total. The fraction of sp³-hybridized carbons (Fsp3) is 0.176. The number of nitrogens with one attached hydrogen (secondary N) is 2. The molecule has 0 radical (unpaired) electrons. The van der Waals surface area contributed by atoms with Gasteiger partial charge < -0.3 is 5.32 Å². The number of hydrogen-bond donors (Lipinski definition) is 2. The number of urea groups is 1. The predicted molar refractivity (Wildman–Crippen MR) is 99.8 cm³/mol. The molecule has 2 amide bonds. The van der Waals surface area contributed by atoms with Crippen LogP contribution in [-0.2, 0) is 22.7 Å². The quantitative estimate of drug-likeness (QED) is 0.627. The fourth-order valence-corrected chi connectivity index (χ4v) is 2.90. The van der Waals surface area contributed by atoms with E-state index in [2.05, 4.69) is 20.4 Å². The summed E-state index contributed by atoms with van der Waals surface area (Å²) in [4.78, 5) is 19.1. The number of alkyl halides is 3. The third-order valence-electron chi connectivity index (χ3n) is 3.76. The van der Waals surface area contributed by atoms with E-state index in [1.807, 2.05) is 0 Å². The number of nitrogens with zero attached hydrogens (tertiary/aromatic N) is 4. The van der Waals surface area contributed by atoms with E-state index in [-0.39, 0.29) is 12.2 Å². The van der Waals surface area contributed by atoms with Gasteiger partial charge in [-0.15, -0.1) is 0 Å². The molecule has 0 spiro atoms. The summed E-state index contributed by atoms with van der Waals surface area (Å²) in [5.41, 5.74) is 0.794. The molecule has 0 aliphatic heterocycles. The average molecular weight is 440 g/mol. The molecule has 0 aliphatic rings. The Kier molecular flexibility index (Phi) is 5.73. The number of carbonyl (C=O) groups excluding carboxylic acids is 1. The highest BCUT2D eigenvalue weighted by Gasteiger charge is 2.32. The molecule has 3 aromatic heterocycles. The number of pyridine rings is 2. The van der Waals surface area contributed by atoms with Gasteiger partial charge >= 0.3 is 12.2 Å². The Bertz CT molecular complexity index is 1150. The molecule has 158 valence electrons. The second-order valence-corrected chi connectivity index (χ2v) is 7.89. The minimum Gasteiger partial charge on any atom is -0.333 e. The van der Waals surface area contributed by atoms with Crippen molar-refractivity contribution >= 4 is 16.1 Å². The zero-order valence-electron chi connectivity index (χ0n) is 15.4. The van der Waals surface area contributed by atoms with Crippen molar-refractivity contribution in [3.05, 3.63) is 60.3 Å². The first kappa shape index (κ1) is 21.2. The van der Waals surface area contributed by atoms with Crippen LogP contribution in [0.25, 0.3) is 16.9 Å². The molecule has 3 rings (SSSR count). The van der Waals surface area contributed by atoms with Gasteiger partial charge in [-0.2, -0.15) is 18.3 Å². The van der Waals surface area contributed by atoms with Crippen molar-refractivity contribution in [1.29, 1.82) is 0 Å². The van der Waals surface area contributed by atoms with E-state index in [1.165, 1.54) is 29.3 Å². The van der Waals surface area contributed by atoms with Crippen LogP contribution in [-0.4, -0.2) is 40.5 Å². The molecule has 0 unspecified atom stereocenters. The molecule has 0 atom stereocenters. The van der Waals surface area contributed by atoms with Crippen LogP contribution in [0.3, 0.4) is 0 Å². The summed E-state index contributed by atoms with van der Waals surface area (Å²) in [7, 11) is -3.74. The molecule has 0 aliphatic carbocycles. The molecule has 3 heterocycles. The van der Waals surface area contributed by atoms with Gasteiger partial charge in [0.25, 0.3) is 0 Å². The smallest absolute Gasteiger partial charge is 0.333 e.